The molecule has 0 radical (unpaired) electrons. The molecule has 2 aromatic rings. The minimum Gasteiger partial charge on any atom is -0.381 e. The van der Waals surface area contributed by atoms with E-state index in [9.17, 15) is 10.1 Å². The Bertz CT molecular complexity index is 651. The number of nitro groups is 1. The average molecular weight is 270 g/mol. The van der Waals surface area contributed by atoms with E-state index >= 15 is 0 Å². The van der Waals surface area contributed by atoms with Gasteiger partial charge >= 0.3 is 0 Å². The Morgan fingerprint density at radius 3 is 2.50 bits per heavy atom. The van der Waals surface area contributed by atoms with Crippen LogP contribution < -0.4 is 5.32 Å². The van der Waals surface area contributed by atoms with Gasteiger partial charge in [0.25, 0.3) is 5.69 Å². The second-order valence-electron chi connectivity index (χ2n) is 5.05. The molecular formula is C16H18N2O2. The summed E-state index contributed by atoms with van der Waals surface area (Å²) in [6.07, 6.45) is 0. The molecule has 0 aliphatic rings. The van der Waals surface area contributed by atoms with E-state index in [4.69, 9.17) is 0 Å². The molecule has 0 unspecified atom stereocenters. The zero-order chi connectivity index (χ0) is 14.7. The summed E-state index contributed by atoms with van der Waals surface area (Å²) in [5, 5.41) is 14.2. The molecule has 2 aromatic carbocycles. The van der Waals surface area contributed by atoms with E-state index in [0.717, 1.165) is 11.3 Å². The third-order valence-electron chi connectivity index (χ3n) is 3.31. The summed E-state index contributed by atoms with van der Waals surface area (Å²) in [5.74, 6) is 0. The fourth-order valence-corrected chi connectivity index (χ4v) is 2.21. The van der Waals surface area contributed by atoms with Crippen LogP contribution in [0.5, 0.6) is 0 Å². The van der Waals surface area contributed by atoms with Gasteiger partial charge in [-0.3, -0.25) is 10.1 Å². The zero-order valence-corrected chi connectivity index (χ0v) is 11.9. The van der Waals surface area contributed by atoms with Crippen molar-refractivity contribution < 1.29 is 4.92 Å². The molecule has 0 aliphatic heterocycles. The van der Waals surface area contributed by atoms with Gasteiger partial charge in [0.15, 0.2) is 0 Å². The fraction of sp³-hybridized carbons (Fsp3) is 0.250. The van der Waals surface area contributed by atoms with Gasteiger partial charge in [-0.15, -0.1) is 0 Å². The maximum absolute atomic E-state index is 10.9. The van der Waals surface area contributed by atoms with E-state index in [1.54, 1.807) is 13.0 Å². The first-order valence-corrected chi connectivity index (χ1v) is 6.52. The Balaban J connectivity index is 2.18. The van der Waals surface area contributed by atoms with E-state index in [1.165, 1.54) is 11.1 Å². The van der Waals surface area contributed by atoms with E-state index in [-0.39, 0.29) is 10.6 Å². The summed E-state index contributed by atoms with van der Waals surface area (Å²) in [6.45, 7) is 6.41. The molecule has 2 rings (SSSR count). The number of nitro benzene ring substituents is 1. The largest absolute Gasteiger partial charge is 0.381 e. The molecule has 0 amide bonds. The van der Waals surface area contributed by atoms with Crippen molar-refractivity contribution in [3.63, 3.8) is 0 Å². The molecule has 0 saturated heterocycles. The summed E-state index contributed by atoms with van der Waals surface area (Å²) in [6, 6.07) is 11.7. The predicted molar refractivity (Wildman–Crippen MR) is 81.1 cm³/mol. The van der Waals surface area contributed by atoms with Crippen LogP contribution >= 0.6 is 0 Å². The SMILES string of the molecule is Cc1cccc(CNc2cc(C)c([N+](=O)[O-])cc2C)c1. The van der Waals surface area contributed by atoms with Gasteiger partial charge in [0.05, 0.1) is 4.92 Å². The monoisotopic (exact) mass is 270 g/mol. The standard InChI is InChI=1S/C16H18N2O2/c1-11-5-4-6-14(7-11)10-17-15-8-13(3)16(18(19)20)9-12(15)2/h4-9,17H,10H2,1-3H3. The maximum atomic E-state index is 10.9. The van der Waals surface area contributed by atoms with Crippen molar-refractivity contribution in [1.82, 2.24) is 0 Å². The Hall–Kier alpha value is -2.36. The molecule has 0 fully saturated rings. The molecule has 0 heterocycles. The first kappa shape index (κ1) is 14.1. The number of aryl methyl sites for hydroxylation is 3. The van der Waals surface area contributed by atoms with Crippen LogP contribution in [0.4, 0.5) is 11.4 Å². The maximum Gasteiger partial charge on any atom is 0.272 e. The number of benzene rings is 2. The van der Waals surface area contributed by atoms with Crippen molar-refractivity contribution in [2.24, 2.45) is 0 Å². The third kappa shape index (κ3) is 3.15. The molecule has 0 spiro atoms. The van der Waals surface area contributed by atoms with Gasteiger partial charge in [-0.2, -0.15) is 0 Å². The van der Waals surface area contributed by atoms with Gasteiger partial charge in [-0.1, -0.05) is 29.8 Å². The summed E-state index contributed by atoms with van der Waals surface area (Å²) < 4.78 is 0. The summed E-state index contributed by atoms with van der Waals surface area (Å²) in [5.41, 5.74) is 5.09. The Morgan fingerprint density at radius 2 is 1.85 bits per heavy atom. The predicted octanol–water partition coefficient (Wildman–Crippen LogP) is 4.13. The molecule has 1 N–H and O–H groups in total. The zero-order valence-electron chi connectivity index (χ0n) is 11.9. The van der Waals surface area contributed by atoms with Gasteiger partial charge in [0.2, 0.25) is 0 Å². The molecule has 4 heteroatoms. The molecule has 104 valence electrons. The number of hydrogen-bond acceptors (Lipinski definition) is 3. The molecule has 0 aromatic heterocycles. The first-order chi connectivity index (χ1) is 9.47. The van der Waals surface area contributed by atoms with Gasteiger partial charge in [-0.25, -0.2) is 0 Å². The van der Waals surface area contributed by atoms with E-state index in [1.807, 2.05) is 19.1 Å². The van der Waals surface area contributed by atoms with Crippen molar-refractivity contribution in [3.8, 4) is 0 Å². The van der Waals surface area contributed by atoms with Crippen LogP contribution in [0.2, 0.25) is 0 Å². The summed E-state index contributed by atoms with van der Waals surface area (Å²) >= 11 is 0. The highest BCUT2D eigenvalue weighted by atomic mass is 16.6. The van der Waals surface area contributed by atoms with E-state index in [2.05, 4.69) is 30.4 Å². The molecule has 0 atom stereocenters. The highest BCUT2D eigenvalue weighted by molar-refractivity contribution is 5.59. The average Bonchev–Trinajstić information content (AvgIpc) is 2.39. The van der Waals surface area contributed by atoms with Crippen LogP contribution in [0.25, 0.3) is 0 Å². The van der Waals surface area contributed by atoms with Gasteiger partial charge < -0.3 is 5.32 Å². The number of nitrogens with one attached hydrogen (secondary N) is 1. The normalized spacial score (nSPS) is 10.3. The molecular weight excluding hydrogens is 252 g/mol. The second-order valence-corrected chi connectivity index (χ2v) is 5.05. The van der Waals surface area contributed by atoms with Crippen molar-refractivity contribution in [2.75, 3.05) is 5.32 Å². The van der Waals surface area contributed by atoms with E-state index in [0.29, 0.717) is 12.1 Å². The van der Waals surface area contributed by atoms with Gasteiger partial charge in [0, 0.05) is 23.9 Å². The highest BCUT2D eigenvalue weighted by Gasteiger charge is 2.12. The Labute approximate surface area is 118 Å². The molecule has 4 nitrogen and oxygen atoms in total. The Kier molecular flexibility index (Phi) is 4.03. The lowest BCUT2D eigenvalue weighted by Gasteiger charge is -2.11. The van der Waals surface area contributed by atoms with Gasteiger partial charge in [0.1, 0.15) is 0 Å². The number of anilines is 1. The summed E-state index contributed by atoms with van der Waals surface area (Å²) in [7, 11) is 0. The lowest BCUT2D eigenvalue weighted by Crippen LogP contribution is -2.03. The van der Waals surface area contributed by atoms with Gasteiger partial charge in [-0.05, 0) is 38.0 Å². The quantitative estimate of drug-likeness (QED) is 0.671. The minimum absolute atomic E-state index is 0.170. The number of nitrogens with zero attached hydrogens (tertiary/aromatic N) is 1. The topological polar surface area (TPSA) is 55.2 Å². The smallest absolute Gasteiger partial charge is 0.272 e. The molecule has 20 heavy (non-hydrogen) atoms. The number of rotatable bonds is 4. The van der Waals surface area contributed by atoms with Crippen LogP contribution in [-0.4, -0.2) is 4.92 Å². The molecule has 0 saturated carbocycles. The molecule has 0 aliphatic carbocycles. The lowest BCUT2D eigenvalue weighted by molar-refractivity contribution is -0.385. The van der Waals surface area contributed by atoms with Crippen molar-refractivity contribution >= 4 is 11.4 Å². The minimum atomic E-state index is -0.341. The van der Waals surface area contributed by atoms with Crippen LogP contribution in [0.3, 0.4) is 0 Å². The van der Waals surface area contributed by atoms with Crippen LogP contribution in [0.1, 0.15) is 22.3 Å². The second kappa shape index (κ2) is 5.74. The van der Waals surface area contributed by atoms with Crippen LogP contribution in [0.15, 0.2) is 36.4 Å². The lowest BCUT2D eigenvalue weighted by atomic mass is 10.1. The highest BCUT2D eigenvalue weighted by Crippen LogP contribution is 2.26. The van der Waals surface area contributed by atoms with E-state index < -0.39 is 0 Å². The third-order valence-corrected chi connectivity index (χ3v) is 3.31. The number of hydrogen-bond donors (Lipinski definition) is 1. The van der Waals surface area contributed by atoms with Crippen molar-refractivity contribution in [3.05, 3.63) is 68.8 Å². The van der Waals surface area contributed by atoms with Crippen LogP contribution in [-0.2, 0) is 6.54 Å². The Morgan fingerprint density at radius 1 is 1.10 bits per heavy atom. The fourth-order valence-electron chi connectivity index (χ4n) is 2.21. The van der Waals surface area contributed by atoms with Crippen LogP contribution in [0, 0.1) is 30.9 Å². The van der Waals surface area contributed by atoms with Crippen molar-refractivity contribution in [2.45, 2.75) is 27.3 Å². The summed E-state index contributed by atoms with van der Waals surface area (Å²) in [4.78, 5) is 10.5. The van der Waals surface area contributed by atoms with Crippen molar-refractivity contribution in [1.29, 1.82) is 0 Å². The molecule has 0 bridgehead atoms. The first-order valence-electron chi connectivity index (χ1n) is 6.52.